The Morgan fingerprint density at radius 3 is 2.42 bits per heavy atom. The number of hydrogen-bond acceptors (Lipinski definition) is 4. The number of rotatable bonds is 8. The van der Waals surface area contributed by atoms with E-state index in [1.54, 1.807) is 38.5 Å². The minimum absolute atomic E-state index is 0.0929. The maximum Gasteiger partial charge on any atom is 0.238 e. The Hall–Kier alpha value is -2.24. The van der Waals surface area contributed by atoms with Gasteiger partial charge in [0.15, 0.2) is 11.5 Å². The third-order valence-corrected chi connectivity index (χ3v) is 3.70. The molecule has 0 saturated heterocycles. The maximum atomic E-state index is 11.8. The van der Waals surface area contributed by atoms with Crippen LogP contribution in [-0.4, -0.2) is 33.2 Å². The van der Waals surface area contributed by atoms with Gasteiger partial charge in [0.25, 0.3) is 0 Å². The van der Waals surface area contributed by atoms with Gasteiger partial charge in [-0.1, -0.05) is 17.7 Å². The van der Waals surface area contributed by atoms with Gasteiger partial charge in [0.1, 0.15) is 0 Å². The van der Waals surface area contributed by atoms with Gasteiger partial charge < -0.3 is 20.1 Å². The van der Waals surface area contributed by atoms with E-state index in [0.717, 1.165) is 17.7 Å². The fraction of sp³-hybridized carbons (Fsp3) is 0.278. The van der Waals surface area contributed by atoms with Crippen LogP contribution >= 0.6 is 11.6 Å². The molecule has 6 heteroatoms. The fourth-order valence-corrected chi connectivity index (χ4v) is 2.34. The van der Waals surface area contributed by atoms with Crippen LogP contribution in [0.3, 0.4) is 0 Å². The van der Waals surface area contributed by atoms with Gasteiger partial charge in [0.05, 0.1) is 20.8 Å². The highest BCUT2D eigenvalue weighted by Crippen LogP contribution is 2.27. The molecule has 0 fully saturated rings. The number of nitrogens with one attached hydrogen (secondary N) is 2. The molecule has 0 spiro atoms. The van der Waals surface area contributed by atoms with Crippen LogP contribution in [0.15, 0.2) is 42.5 Å². The fourth-order valence-electron chi connectivity index (χ4n) is 2.21. The number of carbonyl (C=O) groups is 1. The van der Waals surface area contributed by atoms with Crippen LogP contribution in [0.2, 0.25) is 5.02 Å². The molecule has 0 aromatic heterocycles. The van der Waals surface area contributed by atoms with Crippen molar-refractivity contribution < 1.29 is 14.3 Å². The van der Waals surface area contributed by atoms with E-state index >= 15 is 0 Å². The predicted molar refractivity (Wildman–Crippen MR) is 96.2 cm³/mol. The number of benzene rings is 2. The number of methoxy groups -OCH3 is 2. The van der Waals surface area contributed by atoms with Crippen LogP contribution in [0.4, 0.5) is 5.69 Å². The highest BCUT2D eigenvalue weighted by atomic mass is 35.5. The molecule has 0 aliphatic heterocycles. The van der Waals surface area contributed by atoms with Crippen molar-refractivity contribution in [3.8, 4) is 11.5 Å². The predicted octanol–water partition coefficient (Wildman–Crippen LogP) is 3.13. The molecule has 0 aliphatic rings. The molecule has 0 heterocycles. The molecule has 128 valence electrons. The van der Waals surface area contributed by atoms with Crippen molar-refractivity contribution in [3.63, 3.8) is 0 Å². The smallest absolute Gasteiger partial charge is 0.238 e. The van der Waals surface area contributed by atoms with Crippen molar-refractivity contribution >= 4 is 23.2 Å². The Labute approximate surface area is 146 Å². The van der Waals surface area contributed by atoms with Crippen molar-refractivity contribution in [3.05, 3.63) is 53.1 Å². The summed E-state index contributed by atoms with van der Waals surface area (Å²) in [5.41, 5.74) is 1.84. The highest BCUT2D eigenvalue weighted by molar-refractivity contribution is 6.30. The van der Waals surface area contributed by atoms with Gasteiger partial charge in [-0.2, -0.15) is 0 Å². The standard InChI is InChI=1S/C18H21ClN2O3/c1-23-16-8-3-13(11-17(16)24-2)9-10-20-12-18(22)21-15-6-4-14(19)5-7-15/h3-8,11,20H,9-10,12H2,1-2H3,(H,21,22). The van der Waals surface area contributed by atoms with Crippen molar-refractivity contribution in [2.24, 2.45) is 0 Å². The summed E-state index contributed by atoms with van der Waals surface area (Å²) in [6, 6.07) is 12.8. The Morgan fingerprint density at radius 2 is 1.75 bits per heavy atom. The topological polar surface area (TPSA) is 59.6 Å². The Bertz CT molecular complexity index is 674. The number of hydrogen-bond donors (Lipinski definition) is 2. The molecule has 0 atom stereocenters. The highest BCUT2D eigenvalue weighted by Gasteiger charge is 2.05. The third kappa shape index (κ3) is 5.44. The minimum atomic E-state index is -0.0929. The summed E-state index contributed by atoms with van der Waals surface area (Å²) >= 11 is 5.81. The molecular weight excluding hydrogens is 328 g/mol. The molecular formula is C18H21ClN2O3. The SMILES string of the molecule is COc1ccc(CCNCC(=O)Nc2ccc(Cl)cc2)cc1OC. The summed E-state index contributed by atoms with van der Waals surface area (Å²) in [6.07, 6.45) is 0.786. The molecule has 2 N–H and O–H groups in total. The summed E-state index contributed by atoms with van der Waals surface area (Å²) in [7, 11) is 3.22. The van der Waals surface area contributed by atoms with Crippen molar-refractivity contribution in [2.75, 3.05) is 32.6 Å². The van der Waals surface area contributed by atoms with Gasteiger partial charge in [-0.15, -0.1) is 0 Å². The number of halogens is 1. The Kier molecular flexibility index (Phi) is 6.90. The van der Waals surface area contributed by atoms with Gasteiger partial charge in [-0.3, -0.25) is 4.79 Å². The maximum absolute atomic E-state index is 11.8. The minimum Gasteiger partial charge on any atom is -0.493 e. The average Bonchev–Trinajstić information content (AvgIpc) is 2.60. The summed E-state index contributed by atoms with van der Waals surface area (Å²) in [4.78, 5) is 11.8. The molecule has 24 heavy (non-hydrogen) atoms. The second-order valence-electron chi connectivity index (χ2n) is 5.17. The molecule has 0 radical (unpaired) electrons. The average molecular weight is 349 g/mol. The second kappa shape index (κ2) is 9.15. The van der Waals surface area contributed by atoms with Gasteiger partial charge in [-0.05, 0) is 54.9 Å². The monoisotopic (exact) mass is 348 g/mol. The molecule has 0 saturated carbocycles. The first-order chi connectivity index (χ1) is 11.6. The van der Waals surface area contributed by atoms with Crippen molar-refractivity contribution in [1.29, 1.82) is 0 Å². The molecule has 2 aromatic carbocycles. The molecule has 0 bridgehead atoms. The zero-order chi connectivity index (χ0) is 17.4. The van der Waals surface area contributed by atoms with Gasteiger partial charge in [0.2, 0.25) is 5.91 Å². The zero-order valence-corrected chi connectivity index (χ0v) is 14.5. The van der Waals surface area contributed by atoms with Crippen LogP contribution in [0.5, 0.6) is 11.5 Å². The normalized spacial score (nSPS) is 10.3. The Morgan fingerprint density at radius 1 is 1.04 bits per heavy atom. The van der Waals surface area contributed by atoms with Gasteiger partial charge in [0, 0.05) is 10.7 Å². The number of ether oxygens (including phenoxy) is 2. The molecule has 0 aliphatic carbocycles. The summed E-state index contributed by atoms with van der Waals surface area (Å²) in [5.74, 6) is 1.32. The lowest BCUT2D eigenvalue weighted by atomic mass is 10.1. The number of amides is 1. The van der Waals surface area contributed by atoms with E-state index < -0.39 is 0 Å². The van der Waals surface area contributed by atoms with Crippen molar-refractivity contribution in [1.82, 2.24) is 5.32 Å². The quantitative estimate of drug-likeness (QED) is 0.720. The number of anilines is 1. The summed E-state index contributed by atoms with van der Waals surface area (Å²) in [5, 5.41) is 6.57. The van der Waals surface area contributed by atoms with E-state index in [4.69, 9.17) is 21.1 Å². The van der Waals surface area contributed by atoms with Crippen LogP contribution in [0.25, 0.3) is 0 Å². The van der Waals surface area contributed by atoms with Gasteiger partial charge >= 0.3 is 0 Å². The first kappa shape index (κ1) is 18.1. The third-order valence-electron chi connectivity index (χ3n) is 3.45. The molecule has 2 rings (SSSR count). The van der Waals surface area contributed by atoms with Crippen molar-refractivity contribution in [2.45, 2.75) is 6.42 Å². The van der Waals surface area contributed by atoms with Crippen LogP contribution in [0.1, 0.15) is 5.56 Å². The number of carbonyl (C=O) groups excluding carboxylic acids is 1. The lowest BCUT2D eigenvalue weighted by molar-refractivity contribution is -0.115. The molecule has 0 unspecified atom stereocenters. The second-order valence-corrected chi connectivity index (χ2v) is 5.61. The van der Waals surface area contributed by atoms with E-state index in [9.17, 15) is 4.79 Å². The first-order valence-corrected chi connectivity index (χ1v) is 7.97. The molecule has 2 aromatic rings. The lowest BCUT2D eigenvalue weighted by Crippen LogP contribution is -2.29. The van der Waals surface area contributed by atoms with E-state index in [0.29, 0.717) is 23.1 Å². The van der Waals surface area contributed by atoms with E-state index in [2.05, 4.69) is 10.6 Å². The van der Waals surface area contributed by atoms with E-state index in [1.807, 2.05) is 18.2 Å². The molecule has 5 nitrogen and oxygen atoms in total. The van der Waals surface area contributed by atoms with Crippen LogP contribution in [-0.2, 0) is 11.2 Å². The van der Waals surface area contributed by atoms with Gasteiger partial charge in [-0.25, -0.2) is 0 Å². The zero-order valence-electron chi connectivity index (χ0n) is 13.8. The van der Waals surface area contributed by atoms with Crippen LogP contribution < -0.4 is 20.1 Å². The Balaban J connectivity index is 1.74. The lowest BCUT2D eigenvalue weighted by Gasteiger charge is -2.10. The summed E-state index contributed by atoms with van der Waals surface area (Å²) < 4.78 is 10.5. The van der Waals surface area contributed by atoms with E-state index in [1.165, 1.54) is 0 Å². The summed E-state index contributed by atoms with van der Waals surface area (Å²) in [6.45, 7) is 0.930. The molecule has 1 amide bonds. The van der Waals surface area contributed by atoms with E-state index in [-0.39, 0.29) is 12.5 Å². The van der Waals surface area contributed by atoms with Crippen LogP contribution in [0, 0.1) is 0 Å². The first-order valence-electron chi connectivity index (χ1n) is 7.59. The largest absolute Gasteiger partial charge is 0.493 e.